The summed E-state index contributed by atoms with van der Waals surface area (Å²) in [6.07, 6.45) is 68.8. The second kappa shape index (κ2) is 70.2. The predicted octanol–water partition coefficient (Wildman–Crippen LogP) is 16.9. The third kappa shape index (κ3) is 48.5. The Hall–Kier alpha value is -3.03. The average Bonchev–Trinajstić information content (AvgIpc) is 0.780. The Kier molecular flexibility index (Phi) is 64.6. The molecule has 0 aromatic carbocycles. The molecule has 1 amide bonds. The third-order valence-corrected chi connectivity index (χ3v) is 21.9. The van der Waals surface area contributed by atoms with Crippen LogP contribution in [-0.2, 0) is 33.2 Å². The molecule has 0 spiro atoms. The SMILES string of the molecule is CC/C=C\C/C=C\C/C=C\C/C=C\CCCCCCCCCCCCCCCCCCCCCCC(=O)NC(COC1OC(CO)C(OC2OC(CO)C(OC3OC(CO)C(O)C(O)C3O)C(O)C2O)C(O)C1O)C(O)/C=C/CC/C=C/CC/C=C/CCCCCCCCCCCCCCCCCCCCCCCC. The van der Waals surface area contributed by atoms with Gasteiger partial charge in [-0.3, -0.25) is 4.79 Å². The first-order valence-corrected chi connectivity index (χ1v) is 44.8. The summed E-state index contributed by atoms with van der Waals surface area (Å²) in [4.78, 5) is 13.5. The fourth-order valence-corrected chi connectivity index (χ4v) is 14.8. The van der Waals surface area contributed by atoms with Crippen LogP contribution < -0.4 is 5.32 Å². The van der Waals surface area contributed by atoms with Gasteiger partial charge in [0.15, 0.2) is 18.9 Å². The second-order valence-corrected chi connectivity index (χ2v) is 31.7. The van der Waals surface area contributed by atoms with E-state index in [0.717, 1.165) is 70.6 Å². The number of ether oxygens (including phenoxy) is 6. The minimum absolute atomic E-state index is 0.231. The van der Waals surface area contributed by atoms with E-state index in [0.29, 0.717) is 12.8 Å². The van der Waals surface area contributed by atoms with E-state index in [1.807, 2.05) is 6.08 Å². The summed E-state index contributed by atoms with van der Waals surface area (Å²) in [5, 5.41) is 121. The van der Waals surface area contributed by atoms with Crippen LogP contribution in [0.3, 0.4) is 0 Å². The van der Waals surface area contributed by atoms with Crippen molar-refractivity contribution in [2.24, 2.45) is 0 Å². The first kappa shape index (κ1) is 101. The highest BCUT2D eigenvalue weighted by atomic mass is 16.8. The fraction of sp³-hybridized carbons (Fsp3) is 0.835. The van der Waals surface area contributed by atoms with Crippen LogP contribution in [0.25, 0.3) is 0 Å². The van der Waals surface area contributed by atoms with E-state index < -0.39 is 124 Å². The molecule has 0 aromatic rings. The monoisotopic (exact) mass is 1560 g/mol. The lowest BCUT2D eigenvalue weighted by atomic mass is 9.96. The molecule has 0 aliphatic carbocycles. The van der Waals surface area contributed by atoms with Gasteiger partial charge in [-0.05, 0) is 83.5 Å². The number of hydrogen-bond acceptors (Lipinski definition) is 18. The lowest BCUT2D eigenvalue weighted by Gasteiger charge is -2.48. The van der Waals surface area contributed by atoms with Crippen molar-refractivity contribution in [2.45, 2.75) is 458 Å². The number of hydrogen-bond donors (Lipinski definition) is 12. The average molecular weight is 1560 g/mol. The van der Waals surface area contributed by atoms with Crippen LogP contribution in [0.15, 0.2) is 85.1 Å². The van der Waals surface area contributed by atoms with E-state index in [1.54, 1.807) is 6.08 Å². The zero-order chi connectivity index (χ0) is 79.5. The largest absolute Gasteiger partial charge is 0.394 e. The molecule has 0 saturated carbocycles. The maximum Gasteiger partial charge on any atom is 0.220 e. The Morgan fingerprint density at radius 2 is 0.636 bits per heavy atom. The number of aliphatic hydroxyl groups excluding tert-OH is 11. The lowest BCUT2D eigenvalue weighted by Crippen LogP contribution is -2.66. The molecule has 0 aromatic heterocycles. The highest BCUT2D eigenvalue weighted by molar-refractivity contribution is 5.76. The second-order valence-electron chi connectivity index (χ2n) is 31.7. The zero-order valence-electron chi connectivity index (χ0n) is 69.0. The molecule has 17 unspecified atom stereocenters. The van der Waals surface area contributed by atoms with E-state index in [2.05, 4.69) is 92.1 Å². The highest BCUT2D eigenvalue weighted by Gasteiger charge is 2.54. The molecule has 19 heteroatoms. The van der Waals surface area contributed by atoms with Gasteiger partial charge in [-0.1, -0.05) is 349 Å². The predicted molar refractivity (Wildman–Crippen MR) is 443 cm³/mol. The summed E-state index contributed by atoms with van der Waals surface area (Å²) in [5.41, 5.74) is 0. The van der Waals surface area contributed by atoms with Gasteiger partial charge in [0, 0.05) is 6.42 Å². The van der Waals surface area contributed by atoms with Crippen molar-refractivity contribution in [2.75, 3.05) is 26.4 Å². The summed E-state index contributed by atoms with van der Waals surface area (Å²) in [5.74, 6) is -0.286. The molecule has 3 aliphatic rings. The lowest BCUT2D eigenvalue weighted by molar-refractivity contribution is -0.379. The van der Waals surface area contributed by atoms with Crippen molar-refractivity contribution in [3.05, 3.63) is 85.1 Å². The topological polar surface area (TPSA) is 307 Å². The minimum atomic E-state index is -1.99. The molecule has 0 radical (unpaired) electrons. The molecule has 3 rings (SSSR count). The van der Waals surface area contributed by atoms with E-state index in [4.69, 9.17) is 28.4 Å². The van der Waals surface area contributed by atoms with Crippen molar-refractivity contribution in [1.29, 1.82) is 0 Å². The van der Waals surface area contributed by atoms with Gasteiger partial charge in [0.2, 0.25) is 5.91 Å². The number of unbranched alkanes of at least 4 members (excludes halogenated alkanes) is 44. The van der Waals surface area contributed by atoms with Crippen LogP contribution >= 0.6 is 0 Å². The summed E-state index contributed by atoms with van der Waals surface area (Å²) in [7, 11) is 0. The molecule has 110 heavy (non-hydrogen) atoms. The molecular weight excluding hydrogens is 1390 g/mol. The highest BCUT2D eigenvalue weighted by Crippen LogP contribution is 2.33. The Morgan fingerprint density at radius 3 is 1.02 bits per heavy atom. The molecule has 3 heterocycles. The number of amides is 1. The molecule has 12 N–H and O–H groups in total. The van der Waals surface area contributed by atoms with Crippen molar-refractivity contribution >= 4 is 5.91 Å². The number of carbonyl (C=O) groups excluding carboxylic acids is 1. The third-order valence-electron chi connectivity index (χ3n) is 21.9. The van der Waals surface area contributed by atoms with Crippen LogP contribution in [0.5, 0.6) is 0 Å². The van der Waals surface area contributed by atoms with Gasteiger partial charge in [-0.15, -0.1) is 0 Å². The maximum atomic E-state index is 13.5. The van der Waals surface area contributed by atoms with E-state index in [9.17, 15) is 61.0 Å². The summed E-state index contributed by atoms with van der Waals surface area (Å²) >= 11 is 0. The van der Waals surface area contributed by atoms with E-state index in [1.165, 1.54) is 250 Å². The smallest absolute Gasteiger partial charge is 0.220 e. The molecule has 19 nitrogen and oxygen atoms in total. The van der Waals surface area contributed by atoms with E-state index in [-0.39, 0.29) is 18.9 Å². The Labute approximate surface area is 667 Å². The summed E-state index contributed by atoms with van der Waals surface area (Å²) in [6.45, 7) is 1.65. The number of nitrogens with one attached hydrogen (secondary N) is 1. The zero-order valence-corrected chi connectivity index (χ0v) is 69.0. The van der Waals surface area contributed by atoms with Crippen molar-refractivity contribution in [3.8, 4) is 0 Å². The summed E-state index contributed by atoms with van der Waals surface area (Å²) in [6, 6.07) is -1.00. The van der Waals surface area contributed by atoms with Crippen LogP contribution in [0, 0.1) is 0 Å². The number of aliphatic hydroxyl groups is 11. The summed E-state index contributed by atoms with van der Waals surface area (Å²) < 4.78 is 34.5. The number of carbonyl (C=O) groups is 1. The minimum Gasteiger partial charge on any atom is -0.394 e. The molecular formula is C91H163NO18. The first-order chi connectivity index (χ1) is 53.8. The Bertz CT molecular complexity index is 2310. The Balaban J connectivity index is 1.35. The van der Waals surface area contributed by atoms with Gasteiger partial charge in [0.25, 0.3) is 0 Å². The van der Waals surface area contributed by atoms with Crippen LogP contribution in [0.1, 0.15) is 354 Å². The van der Waals surface area contributed by atoms with Crippen LogP contribution in [0.2, 0.25) is 0 Å². The first-order valence-electron chi connectivity index (χ1n) is 44.8. The van der Waals surface area contributed by atoms with Gasteiger partial charge in [-0.25, -0.2) is 0 Å². The van der Waals surface area contributed by atoms with Gasteiger partial charge >= 0.3 is 0 Å². The van der Waals surface area contributed by atoms with E-state index >= 15 is 0 Å². The van der Waals surface area contributed by atoms with Crippen molar-refractivity contribution in [1.82, 2.24) is 5.32 Å². The van der Waals surface area contributed by atoms with Gasteiger partial charge in [-0.2, -0.15) is 0 Å². The standard InChI is InChI=1S/C91H163NO18/c1-3-5-7-9-11-13-15-17-19-21-23-25-27-29-31-33-35-37-39-41-43-45-47-49-51-53-55-57-59-61-63-65-67-69-79(97)92-74(75(96)68-66-64-62-60-58-56-54-52-50-48-46-44-42-40-38-36-34-32-30-28-26-24-22-20-18-16-14-12-10-8-6-4-2)73-105-89-85(103)82(100)87(77(71-94)107-89)110-91-86(104)83(101)88(78(72-95)108-91)109-90-84(102)81(99)80(98)76(70-93)106-90/h5,7,11,13,17,19,23,25,50,52,58,60,66,68,74-78,80-91,93-96,98-104H,3-4,6,8-10,12,14-16,18,20-22,24,26-49,51,53-57,59,61-65,67,69-73H2,1-2H3,(H,92,97)/b7-5-,13-11-,19-17-,25-23-,52-50+,60-58+,68-66+. The quantitative estimate of drug-likeness (QED) is 0.0199. The van der Waals surface area contributed by atoms with Crippen LogP contribution in [0.4, 0.5) is 0 Å². The van der Waals surface area contributed by atoms with Crippen molar-refractivity contribution in [3.63, 3.8) is 0 Å². The normalized spacial score (nSPS) is 25.6. The van der Waals surface area contributed by atoms with Crippen molar-refractivity contribution < 1.29 is 89.4 Å². The van der Waals surface area contributed by atoms with Gasteiger partial charge in [0.05, 0.1) is 38.6 Å². The molecule has 640 valence electrons. The Morgan fingerprint density at radius 1 is 0.336 bits per heavy atom. The molecule has 3 aliphatic heterocycles. The molecule has 17 atom stereocenters. The molecule has 3 fully saturated rings. The van der Waals surface area contributed by atoms with Gasteiger partial charge < -0.3 is 89.9 Å². The number of allylic oxidation sites excluding steroid dienone is 13. The maximum absolute atomic E-state index is 13.5. The number of rotatable bonds is 72. The molecule has 3 saturated heterocycles. The molecule has 0 bridgehead atoms. The van der Waals surface area contributed by atoms with Crippen LogP contribution in [-0.4, -0.2) is 193 Å². The fourth-order valence-electron chi connectivity index (χ4n) is 14.8. The van der Waals surface area contributed by atoms with Gasteiger partial charge in [0.1, 0.15) is 73.2 Å².